The number of hydrogen-bond donors (Lipinski definition) is 1. The fourth-order valence-corrected chi connectivity index (χ4v) is 2.99. The maximum absolute atomic E-state index is 11.1. The van der Waals surface area contributed by atoms with Gasteiger partial charge in [-0.15, -0.1) is 11.8 Å². The number of fused-ring (bicyclic) bond motifs is 1. The second kappa shape index (κ2) is 4.13. The molecule has 86 valence electrons. The van der Waals surface area contributed by atoms with Crippen LogP contribution in [0.5, 0.6) is 0 Å². The molecule has 0 aromatic heterocycles. The highest BCUT2D eigenvalue weighted by Gasteiger charge is 2.27. The van der Waals surface area contributed by atoms with Crippen molar-refractivity contribution in [3.63, 3.8) is 0 Å². The van der Waals surface area contributed by atoms with Gasteiger partial charge in [-0.2, -0.15) is 0 Å². The van der Waals surface area contributed by atoms with Gasteiger partial charge in [-0.3, -0.25) is 4.79 Å². The highest BCUT2D eigenvalue weighted by Crippen LogP contribution is 2.33. The van der Waals surface area contributed by atoms with Crippen LogP contribution in [0.25, 0.3) is 0 Å². The van der Waals surface area contributed by atoms with Crippen molar-refractivity contribution >= 4 is 17.7 Å². The summed E-state index contributed by atoms with van der Waals surface area (Å²) in [6.45, 7) is 3.55. The number of carbonyl (C=O) groups is 1. The summed E-state index contributed by atoms with van der Waals surface area (Å²) in [5.41, 5.74) is 1.83. The largest absolute Gasteiger partial charge is 0.481 e. The van der Waals surface area contributed by atoms with Crippen LogP contribution in [0.15, 0.2) is 23.1 Å². The van der Waals surface area contributed by atoms with Gasteiger partial charge in [0.15, 0.2) is 0 Å². The third kappa shape index (κ3) is 2.24. The first kappa shape index (κ1) is 11.5. The predicted octanol–water partition coefficient (Wildman–Crippen LogP) is 2.99. The van der Waals surface area contributed by atoms with Crippen molar-refractivity contribution in [2.24, 2.45) is 5.41 Å². The van der Waals surface area contributed by atoms with E-state index in [0.717, 1.165) is 17.7 Å². The van der Waals surface area contributed by atoms with Gasteiger partial charge in [-0.1, -0.05) is 12.1 Å². The Bertz CT molecular complexity index is 424. The van der Waals surface area contributed by atoms with E-state index in [-0.39, 0.29) is 0 Å². The monoisotopic (exact) mass is 236 g/mol. The number of benzene rings is 1. The molecule has 0 atom stereocenters. The van der Waals surface area contributed by atoms with E-state index < -0.39 is 11.4 Å². The fourth-order valence-electron chi connectivity index (χ4n) is 1.94. The highest BCUT2D eigenvalue weighted by molar-refractivity contribution is 7.99. The number of aryl methyl sites for hydroxylation is 1. The molecule has 1 aromatic carbocycles. The Morgan fingerprint density at radius 2 is 2.25 bits per heavy atom. The summed E-state index contributed by atoms with van der Waals surface area (Å²) in [6.07, 6.45) is 1.71. The Morgan fingerprint density at radius 1 is 1.50 bits per heavy atom. The van der Waals surface area contributed by atoms with Gasteiger partial charge in [0.05, 0.1) is 5.41 Å². The lowest BCUT2D eigenvalue weighted by molar-refractivity contribution is -0.146. The Kier molecular flexibility index (Phi) is 2.98. The number of aliphatic carboxylic acids is 1. The lowest BCUT2D eigenvalue weighted by Crippen LogP contribution is -2.26. The van der Waals surface area contributed by atoms with E-state index in [2.05, 4.69) is 18.2 Å². The quantitative estimate of drug-likeness (QED) is 0.876. The van der Waals surface area contributed by atoms with E-state index >= 15 is 0 Å². The van der Waals surface area contributed by atoms with Crippen LogP contribution in [0.4, 0.5) is 0 Å². The van der Waals surface area contributed by atoms with Gasteiger partial charge in [-0.25, -0.2) is 0 Å². The zero-order chi connectivity index (χ0) is 11.8. The number of hydrogen-bond acceptors (Lipinski definition) is 2. The van der Waals surface area contributed by atoms with Crippen molar-refractivity contribution in [1.82, 2.24) is 0 Å². The molecule has 16 heavy (non-hydrogen) atoms. The summed E-state index contributed by atoms with van der Waals surface area (Å²) in [5, 5.41) is 9.09. The Labute approximate surface area is 100 Å². The minimum absolute atomic E-state index is 0.597. The van der Waals surface area contributed by atoms with Crippen molar-refractivity contribution in [2.45, 2.75) is 31.6 Å². The molecule has 1 aromatic rings. The molecule has 0 aliphatic carbocycles. The normalized spacial score (nSPS) is 14.9. The molecule has 1 aliphatic heterocycles. The summed E-state index contributed by atoms with van der Waals surface area (Å²) in [7, 11) is 0. The first-order valence-corrected chi connectivity index (χ1v) is 6.45. The number of carboxylic acids is 1. The molecule has 1 heterocycles. The molecule has 1 N–H and O–H groups in total. The molecule has 0 saturated heterocycles. The van der Waals surface area contributed by atoms with Crippen molar-refractivity contribution < 1.29 is 9.90 Å². The van der Waals surface area contributed by atoms with Crippen LogP contribution in [0, 0.1) is 5.41 Å². The molecule has 0 unspecified atom stereocenters. The fraction of sp³-hybridized carbons (Fsp3) is 0.462. The van der Waals surface area contributed by atoms with Gasteiger partial charge in [0.25, 0.3) is 0 Å². The zero-order valence-electron chi connectivity index (χ0n) is 9.62. The van der Waals surface area contributed by atoms with E-state index in [4.69, 9.17) is 5.11 Å². The van der Waals surface area contributed by atoms with Crippen LogP contribution in [-0.4, -0.2) is 16.8 Å². The average molecular weight is 236 g/mol. The van der Waals surface area contributed by atoms with Gasteiger partial charge in [0.1, 0.15) is 0 Å². The lowest BCUT2D eigenvalue weighted by Gasteiger charge is -2.19. The first-order valence-electron chi connectivity index (χ1n) is 5.47. The van der Waals surface area contributed by atoms with Crippen molar-refractivity contribution in [2.75, 3.05) is 5.75 Å². The standard InChI is InChI=1S/C13H16O2S/c1-13(2,12(14)15)8-9-3-4-11-10(7-9)5-6-16-11/h3-4,7H,5-6,8H2,1-2H3,(H,14,15). The molecular weight excluding hydrogens is 220 g/mol. The molecule has 3 heteroatoms. The number of thioether (sulfide) groups is 1. The number of carboxylic acid groups (broad SMARTS) is 1. The lowest BCUT2D eigenvalue weighted by atomic mass is 9.85. The molecule has 2 nitrogen and oxygen atoms in total. The minimum atomic E-state index is -0.734. The SMILES string of the molecule is CC(C)(Cc1ccc2c(c1)CCS2)C(=O)O. The van der Waals surface area contributed by atoms with Crippen LogP contribution >= 0.6 is 11.8 Å². The summed E-state index contributed by atoms with van der Waals surface area (Å²) in [4.78, 5) is 12.4. The molecule has 2 rings (SSSR count). The Hall–Kier alpha value is -0.960. The summed E-state index contributed by atoms with van der Waals surface area (Å²) < 4.78 is 0. The summed E-state index contributed by atoms with van der Waals surface area (Å²) >= 11 is 1.88. The average Bonchev–Trinajstić information content (AvgIpc) is 2.63. The van der Waals surface area contributed by atoms with E-state index in [9.17, 15) is 4.79 Å². The third-order valence-corrected chi connectivity index (χ3v) is 4.10. The van der Waals surface area contributed by atoms with Crippen molar-refractivity contribution in [3.05, 3.63) is 29.3 Å². The maximum atomic E-state index is 11.1. The molecule has 0 radical (unpaired) electrons. The second-order valence-electron chi connectivity index (χ2n) is 4.91. The van der Waals surface area contributed by atoms with Crippen molar-refractivity contribution in [1.29, 1.82) is 0 Å². The molecule has 0 bridgehead atoms. The van der Waals surface area contributed by atoms with E-state index in [1.807, 2.05) is 11.8 Å². The minimum Gasteiger partial charge on any atom is -0.481 e. The van der Waals surface area contributed by atoms with E-state index in [1.165, 1.54) is 10.5 Å². The molecule has 0 fully saturated rings. The van der Waals surface area contributed by atoms with Crippen LogP contribution in [0.3, 0.4) is 0 Å². The van der Waals surface area contributed by atoms with E-state index in [0.29, 0.717) is 6.42 Å². The first-order chi connectivity index (χ1) is 7.49. The molecule has 0 amide bonds. The second-order valence-corrected chi connectivity index (χ2v) is 6.04. The van der Waals surface area contributed by atoms with Gasteiger partial charge < -0.3 is 5.11 Å². The molecule has 0 saturated carbocycles. The highest BCUT2D eigenvalue weighted by atomic mass is 32.2. The molecular formula is C13H16O2S. The summed E-state index contributed by atoms with van der Waals surface area (Å²) in [6, 6.07) is 6.35. The van der Waals surface area contributed by atoms with Crippen LogP contribution < -0.4 is 0 Å². The van der Waals surface area contributed by atoms with Gasteiger partial charge >= 0.3 is 5.97 Å². The summed E-state index contributed by atoms with van der Waals surface area (Å²) in [5.74, 6) is 0.420. The maximum Gasteiger partial charge on any atom is 0.309 e. The molecule has 0 spiro atoms. The molecule has 1 aliphatic rings. The van der Waals surface area contributed by atoms with Crippen LogP contribution in [-0.2, 0) is 17.6 Å². The van der Waals surface area contributed by atoms with Crippen LogP contribution in [0.2, 0.25) is 0 Å². The Morgan fingerprint density at radius 3 is 2.94 bits per heavy atom. The predicted molar refractivity (Wildman–Crippen MR) is 66.0 cm³/mol. The number of rotatable bonds is 3. The topological polar surface area (TPSA) is 37.3 Å². The Balaban J connectivity index is 2.20. The van der Waals surface area contributed by atoms with Gasteiger partial charge in [-0.05, 0) is 43.9 Å². The van der Waals surface area contributed by atoms with Crippen molar-refractivity contribution in [3.8, 4) is 0 Å². The van der Waals surface area contributed by atoms with Crippen LogP contribution in [0.1, 0.15) is 25.0 Å². The third-order valence-electron chi connectivity index (χ3n) is 2.98. The van der Waals surface area contributed by atoms with E-state index in [1.54, 1.807) is 13.8 Å². The zero-order valence-corrected chi connectivity index (χ0v) is 10.4. The van der Waals surface area contributed by atoms with Gasteiger partial charge in [0.2, 0.25) is 0 Å². The smallest absolute Gasteiger partial charge is 0.309 e. The van der Waals surface area contributed by atoms with Gasteiger partial charge in [0, 0.05) is 10.6 Å².